The van der Waals surface area contributed by atoms with E-state index in [-0.39, 0.29) is 0 Å². The first-order valence-corrected chi connectivity index (χ1v) is 6.63. The molecule has 1 atom stereocenters. The Morgan fingerprint density at radius 3 is 3.21 bits per heavy atom. The zero-order valence-electron chi connectivity index (χ0n) is 11.1. The second kappa shape index (κ2) is 5.45. The normalized spacial score (nSPS) is 18.7. The third-order valence-electron chi connectivity index (χ3n) is 3.49. The minimum atomic E-state index is 0.430. The van der Waals surface area contributed by atoms with E-state index in [2.05, 4.69) is 16.4 Å². The summed E-state index contributed by atoms with van der Waals surface area (Å²) in [7, 11) is 1.68. The minimum absolute atomic E-state index is 0.430. The molecule has 19 heavy (non-hydrogen) atoms. The van der Waals surface area contributed by atoms with Gasteiger partial charge in [0.2, 0.25) is 0 Å². The van der Waals surface area contributed by atoms with Gasteiger partial charge in [-0.1, -0.05) is 12.1 Å². The molecular formula is C15H18N2O2. The van der Waals surface area contributed by atoms with Crippen molar-refractivity contribution < 1.29 is 9.15 Å². The predicted octanol–water partition coefficient (Wildman–Crippen LogP) is 2.35. The standard InChI is InChI=1S/C15H18N2O2/c1-18-13-4-2-3-11(7-13)8-14-10-17-15(19-14)12-5-6-16-9-12/h2-4,7,10,12,16H,5-6,8-9H2,1H3. The fourth-order valence-corrected chi connectivity index (χ4v) is 2.44. The van der Waals surface area contributed by atoms with Crippen molar-refractivity contribution in [2.24, 2.45) is 0 Å². The molecule has 4 nitrogen and oxygen atoms in total. The van der Waals surface area contributed by atoms with E-state index in [1.54, 1.807) is 7.11 Å². The van der Waals surface area contributed by atoms with Gasteiger partial charge in [-0.05, 0) is 30.7 Å². The van der Waals surface area contributed by atoms with E-state index in [4.69, 9.17) is 9.15 Å². The summed E-state index contributed by atoms with van der Waals surface area (Å²) < 4.78 is 11.1. The topological polar surface area (TPSA) is 47.3 Å². The SMILES string of the molecule is COc1cccc(Cc2cnc(C3CCNC3)o2)c1. The average Bonchev–Trinajstić information content (AvgIpc) is 3.09. The molecule has 100 valence electrons. The number of benzene rings is 1. The molecule has 1 aliphatic rings. The van der Waals surface area contributed by atoms with Gasteiger partial charge in [0.1, 0.15) is 11.5 Å². The van der Waals surface area contributed by atoms with E-state index in [0.717, 1.165) is 43.3 Å². The molecule has 4 heteroatoms. The first kappa shape index (κ1) is 12.2. The smallest absolute Gasteiger partial charge is 0.198 e. The van der Waals surface area contributed by atoms with Gasteiger partial charge in [0, 0.05) is 18.9 Å². The molecule has 0 radical (unpaired) electrons. The largest absolute Gasteiger partial charge is 0.497 e. The first-order chi connectivity index (χ1) is 9.35. The number of hydrogen-bond donors (Lipinski definition) is 1. The Hall–Kier alpha value is -1.81. The summed E-state index contributed by atoms with van der Waals surface area (Å²) in [5.41, 5.74) is 1.17. The molecule has 1 aromatic carbocycles. The summed E-state index contributed by atoms with van der Waals surface area (Å²) in [6, 6.07) is 8.03. The summed E-state index contributed by atoms with van der Waals surface area (Å²) in [6.45, 7) is 2.03. The predicted molar refractivity (Wildman–Crippen MR) is 72.5 cm³/mol. The average molecular weight is 258 g/mol. The van der Waals surface area contributed by atoms with Gasteiger partial charge in [-0.2, -0.15) is 0 Å². The maximum Gasteiger partial charge on any atom is 0.198 e. The van der Waals surface area contributed by atoms with E-state index in [1.807, 2.05) is 24.4 Å². The van der Waals surface area contributed by atoms with Crippen molar-refractivity contribution in [3.05, 3.63) is 47.7 Å². The Bertz CT molecular complexity index is 545. The molecular weight excluding hydrogens is 240 g/mol. The molecule has 0 bridgehead atoms. The fourth-order valence-electron chi connectivity index (χ4n) is 2.44. The van der Waals surface area contributed by atoms with Gasteiger partial charge >= 0.3 is 0 Å². The highest BCUT2D eigenvalue weighted by Gasteiger charge is 2.21. The monoisotopic (exact) mass is 258 g/mol. The maximum absolute atomic E-state index is 5.85. The van der Waals surface area contributed by atoms with Crippen LogP contribution in [0.2, 0.25) is 0 Å². The Kier molecular flexibility index (Phi) is 3.51. The Morgan fingerprint density at radius 1 is 1.47 bits per heavy atom. The molecule has 1 N–H and O–H groups in total. The molecule has 1 aliphatic heterocycles. The Labute approximate surface area is 112 Å². The minimum Gasteiger partial charge on any atom is -0.497 e. The van der Waals surface area contributed by atoms with Crippen LogP contribution in [-0.4, -0.2) is 25.2 Å². The van der Waals surface area contributed by atoms with Crippen molar-refractivity contribution in [1.29, 1.82) is 0 Å². The number of nitrogens with zero attached hydrogens (tertiary/aromatic N) is 1. The van der Waals surface area contributed by atoms with Crippen LogP contribution in [0.4, 0.5) is 0 Å². The van der Waals surface area contributed by atoms with Gasteiger partial charge in [0.15, 0.2) is 5.89 Å². The quantitative estimate of drug-likeness (QED) is 0.914. The molecule has 3 rings (SSSR count). The van der Waals surface area contributed by atoms with Crippen molar-refractivity contribution in [2.75, 3.05) is 20.2 Å². The molecule has 1 fully saturated rings. The van der Waals surface area contributed by atoms with E-state index < -0.39 is 0 Å². The molecule has 2 aromatic rings. The van der Waals surface area contributed by atoms with Gasteiger partial charge in [-0.3, -0.25) is 0 Å². The second-order valence-electron chi connectivity index (χ2n) is 4.88. The molecule has 1 aromatic heterocycles. The van der Waals surface area contributed by atoms with Crippen molar-refractivity contribution in [3.8, 4) is 5.75 Å². The van der Waals surface area contributed by atoms with Crippen molar-refractivity contribution in [1.82, 2.24) is 10.3 Å². The number of rotatable bonds is 4. The van der Waals surface area contributed by atoms with Crippen LogP contribution >= 0.6 is 0 Å². The second-order valence-corrected chi connectivity index (χ2v) is 4.88. The molecule has 0 spiro atoms. The van der Waals surface area contributed by atoms with E-state index in [9.17, 15) is 0 Å². The van der Waals surface area contributed by atoms with Crippen molar-refractivity contribution >= 4 is 0 Å². The summed E-state index contributed by atoms with van der Waals surface area (Å²) in [5, 5.41) is 3.33. The van der Waals surface area contributed by atoms with E-state index >= 15 is 0 Å². The van der Waals surface area contributed by atoms with Gasteiger partial charge in [0.25, 0.3) is 0 Å². The van der Waals surface area contributed by atoms with Crippen LogP contribution in [0.5, 0.6) is 5.75 Å². The zero-order chi connectivity index (χ0) is 13.1. The maximum atomic E-state index is 5.85. The van der Waals surface area contributed by atoms with Crippen molar-refractivity contribution in [2.45, 2.75) is 18.8 Å². The van der Waals surface area contributed by atoms with Crippen LogP contribution in [-0.2, 0) is 6.42 Å². The molecule has 0 saturated carbocycles. The van der Waals surface area contributed by atoms with Gasteiger partial charge in [-0.15, -0.1) is 0 Å². The van der Waals surface area contributed by atoms with Crippen LogP contribution in [0.15, 0.2) is 34.9 Å². The van der Waals surface area contributed by atoms with Crippen LogP contribution in [0, 0.1) is 0 Å². The molecule has 2 heterocycles. The summed E-state index contributed by atoms with van der Waals surface area (Å²) in [4.78, 5) is 4.40. The molecule has 1 saturated heterocycles. The highest BCUT2D eigenvalue weighted by atomic mass is 16.5. The number of ether oxygens (including phenoxy) is 1. The lowest BCUT2D eigenvalue weighted by atomic mass is 10.1. The Morgan fingerprint density at radius 2 is 2.42 bits per heavy atom. The first-order valence-electron chi connectivity index (χ1n) is 6.63. The zero-order valence-corrected chi connectivity index (χ0v) is 11.1. The lowest BCUT2D eigenvalue weighted by molar-refractivity contribution is 0.413. The van der Waals surface area contributed by atoms with Crippen LogP contribution in [0.25, 0.3) is 0 Å². The van der Waals surface area contributed by atoms with Gasteiger partial charge in [0.05, 0.1) is 13.3 Å². The fraction of sp³-hybridized carbons (Fsp3) is 0.400. The number of oxazole rings is 1. The molecule has 0 aliphatic carbocycles. The van der Waals surface area contributed by atoms with Crippen LogP contribution < -0.4 is 10.1 Å². The number of aromatic nitrogens is 1. The van der Waals surface area contributed by atoms with Crippen molar-refractivity contribution in [3.63, 3.8) is 0 Å². The highest BCUT2D eigenvalue weighted by Crippen LogP contribution is 2.23. The van der Waals surface area contributed by atoms with E-state index in [1.165, 1.54) is 5.56 Å². The Balaban J connectivity index is 1.72. The van der Waals surface area contributed by atoms with Crippen LogP contribution in [0.1, 0.15) is 29.6 Å². The summed E-state index contributed by atoms with van der Waals surface area (Å²) in [5.74, 6) is 3.08. The number of hydrogen-bond acceptors (Lipinski definition) is 4. The number of methoxy groups -OCH3 is 1. The highest BCUT2D eigenvalue weighted by molar-refractivity contribution is 5.30. The third kappa shape index (κ3) is 2.79. The van der Waals surface area contributed by atoms with Crippen LogP contribution in [0.3, 0.4) is 0 Å². The summed E-state index contributed by atoms with van der Waals surface area (Å²) >= 11 is 0. The van der Waals surface area contributed by atoms with E-state index in [0.29, 0.717) is 5.92 Å². The molecule has 1 unspecified atom stereocenters. The van der Waals surface area contributed by atoms with Gasteiger partial charge in [-0.25, -0.2) is 4.98 Å². The lowest BCUT2D eigenvalue weighted by Gasteiger charge is -2.03. The molecule has 0 amide bonds. The third-order valence-corrected chi connectivity index (χ3v) is 3.49. The lowest BCUT2D eigenvalue weighted by Crippen LogP contribution is -2.07. The summed E-state index contributed by atoms with van der Waals surface area (Å²) in [6.07, 6.45) is 3.70. The van der Waals surface area contributed by atoms with Gasteiger partial charge < -0.3 is 14.5 Å². The number of nitrogens with one attached hydrogen (secondary N) is 1.